The van der Waals surface area contributed by atoms with Crippen molar-refractivity contribution >= 4 is 29.3 Å². The van der Waals surface area contributed by atoms with E-state index in [1.165, 1.54) is 11.8 Å². The predicted molar refractivity (Wildman–Crippen MR) is 108 cm³/mol. The lowest BCUT2D eigenvalue weighted by Crippen LogP contribution is -2.31. The first-order chi connectivity index (χ1) is 13.1. The minimum atomic E-state index is 0.0820. The topological polar surface area (TPSA) is 63.9 Å². The van der Waals surface area contributed by atoms with Gasteiger partial charge in [-0.05, 0) is 50.2 Å². The van der Waals surface area contributed by atoms with Gasteiger partial charge in [-0.1, -0.05) is 23.4 Å². The fourth-order valence-electron chi connectivity index (χ4n) is 2.66. The van der Waals surface area contributed by atoms with Gasteiger partial charge in [0, 0.05) is 41.8 Å². The van der Waals surface area contributed by atoms with E-state index in [4.69, 9.17) is 11.6 Å². The third-order valence-electron chi connectivity index (χ3n) is 4.08. The van der Waals surface area contributed by atoms with Crippen LogP contribution in [0, 0.1) is 0 Å². The van der Waals surface area contributed by atoms with Crippen LogP contribution in [0.3, 0.4) is 0 Å². The second-order valence-electron chi connectivity index (χ2n) is 5.71. The van der Waals surface area contributed by atoms with Crippen LogP contribution in [0.1, 0.15) is 13.8 Å². The molecule has 0 N–H and O–H groups in total. The molecule has 0 aliphatic carbocycles. The molecular weight excluding hydrogens is 382 g/mol. The van der Waals surface area contributed by atoms with Gasteiger partial charge in [-0.3, -0.25) is 14.3 Å². The lowest BCUT2D eigenvalue weighted by molar-refractivity contribution is -0.127. The van der Waals surface area contributed by atoms with Gasteiger partial charge in [0.2, 0.25) is 5.91 Å². The summed E-state index contributed by atoms with van der Waals surface area (Å²) in [6, 6.07) is 11.2. The van der Waals surface area contributed by atoms with Gasteiger partial charge in [0.25, 0.3) is 0 Å². The van der Waals surface area contributed by atoms with Gasteiger partial charge in [0.05, 0.1) is 5.75 Å². The molecule has 0 bridgehead atoms. The number of halogens is 1. The van der Waals surface area contributed by atoms with E-state index >= 15 is 0 Å². The van der Waals surface area contributed by atoms with Crippen molar-refractivity contribution in [2.75, 3.05) is 18.8 Å². The average Bonchev–Trinajstić information content (AvgIpc) is 3.12. The molecule has 2 heterocycles. The number of hydrogen-bond acceptors (Lipinski definition) is 5. The van der Waals surface area contributed by atoms with Crippen LogP contribution >= 0.6 is 23.4 Å². The van der Waals surface area contributed by atoms with Crippen molar-refractivity contribution in [1.29, 1.82) is 0 Å². The quantitative estimate of drug-likeness (QED) is 0.561. The Kier molecular flexibility index (Phi) is 6.47. The molecule has 3 aromatic rings. The highest BCUT2D eigenvalue weighted by atomic mass is 35.5. The average molecular weight is 402 g/mol. The molecule has 0 saturated carbocycles. The van der Waals surface area contributed by atoms with Crippen LogP contribution in [-0.4, -0.2) is 49.4 Å². The smallest absolute Gasteiger partial charge is 0.233 e. The van der Waals surface area contributed by atoms with Crippen LogP contribution in [0.15, 0.2) is 53.9 Å². The molecule has 6 nitrogen and oxygen atoms in total. The third-order valence-corrected chi connectivity index (χ3v) is 5.24. The highest BCUT2D eigenvalue weighted by molar-refractivity contribution is 7.99. The van der Waals surface area contributed by atoms with Crippen molar-refractivity contribution in [3.63, 3.8) is 0 Å². The zero-order chi connectivity index (χ0) is 19.2. The molecule has 0 radical (unpaired) electrons. The summed E-state index contributed by atoms with van der Waals surface area (Å²) in [6.45, 7) is 5.34. The van der Waals surface area contributed by atoms with Crippen molar-refractivity contribution in [3.8, 4) is 17.1 Å². The summed E-state index contributed by atoms with van der Waals surface area (Å²) in [7, 11) is 0. The van der Waals surface area contributed by atoms with Crippen LogP contribution in [0.25, 0.3) is 17.1 Å². The normalized spacial score (nSPS) is 10.8. The fourth-order valence-corrected chi connectivity index (χ4v) is 3.64. The second kappa shape index (κ2) is 9.01. The van der Waals surface area contributed by atoms with E-state index in [1.54, 1.807) is 17.3 Å². The number of amides is 1. The maximum absolute atomic E-state index is 12.4. The lowest BCUT2D eigenvalue weighted by atomic mass is 10.2. The molecule has 2 aromatic heterocycles. The summed E-state index contributed by atoms with van der Waals surface area (Å²) < 4.78 is 1.92. The maximum atomic E-state index is 12.4. The Labute approximate surface area is 167 Å². The summed E-state index contributed by atoms with van der Waals surface area (Å²) in [5, 5.41) is 9.96. The Bertz CT molecular complexity index is 894. The van der Waals surface area contributed by atoms with Gasteiger partial charge in [-0.15, -0.1) is 10.2 Å². The first-order valence-electron chi connectivity index (χ1n) is 8.66. The number of thioether (sulfide) groups is 1. The van der Waals surface area contributed by atoms with Gasteiger partial charge in [0.15, 0.2) is 11.0 Å². The van der Waals surface area contributed by atoms with Crippen molar-refractivity contribution in [2.24, 2.45) is 0 Å². The highest BCUT2D eigenvalue weighted by Crippen LogP contribution is 2.28. The van der Waals surface area contributed by atoms with E-state index in [0.29, 0.717) is 34.8 Å². The van der Waals surface area contributed by atoms with Gasteiger partial charge >= 0.3 is 0 Å². The Morgan fingerprint density at radius 3 is 2.52 bits per heavy atom. The summed E-state index contributed by atoms with van der Waals surface area (Å²) in [4.78, 5) is 18.3. The lowest BCUT2D eigenvalue weighted by Gasteiger charge is -2.18. The van der Waals surface area contributed by atoms with Crippen LogP contribution in [0.2, 0.25) is 5.02 Å². The minimum absolute atomic E-state index is 0.0820. The zero-order valence-electron chi connectivity index (χ0n) is 15.2. The number of pyridine rings is 1. The molecule has 0 unspecified atom stereocenters. The first kappa shape index (κ1) is 19.4. The summed E-state index contributed by atoms with van der Waals surface area (Å²) >= 11 is 7.41. The number of aromatic nitrogens is 4. The monoisotopic (exact) mass is 401 g/mol. The predicted octanol–water partition coefficient (Wildman–Crippen LogP) is 3.94. The number of carbonyl (C=O) groups excluding carboxylic acids is 1. The van der Waals surface area contributed by atoms with E-state index in [-0.39, 0.29) is 5.91 Å². The Morgan fingerprint density at radius 2 is 1.89 bits per heavy atom. The number of benzene rings is 1. The fraction of sp³-hybridized carbons (Fsp3) is 0.263. The van der Waals surface area contributed by atoms with Crippen LogP contribution in [-0.2, 0) is 4.79 Å². The van der Waals surface area contributed by atoms with Crippen molar-refractivity contribution in [2.45, 2.75) is 19.0 Å². The molecule has 140 valence electrons. The molecule has 0 spiro atoms. The van der Waals surface area contributed by atoms with Crippen LogP contribution in [0.4, 0.5) is 0 Å². The maximum Gasteiger partial charge on any atom is 0.233 e. The van der Waals surface area contributed by atoms with Crippen molar-refractivity contribution in [1.82, 2.24) is 24.6 Å². The number of nitrogens with zero attached hydrogens (tertiary/aromatic N) is 5. The molecule has 0 atom stereocenters. The Balaban J connectivity index is 1.95. The summed E-state index contributed by atoms with van der Waals surface area (Å²) in [5.41, 5.74) is 1.72. The summed E-state index contributed by atoms with van der Waals surface area (Å²) in [6.07, 6.45) is 3.46. The minimum Gasteiger partial charge on any atom is -0.343 e. The molecule has 27 heavy (non-hydrogen) atoms. The molecule has 0 fully saturated rings. The van der Waals surface area contributed by atoms with E-state index in [9.17, 15) is 4.79 Å². The molecule has 8 heteroatoms. The van der Waals surface area contributed by atoms with Gasteiger partial charge < -0.3 is 4.90 Å². The second-order valence-corrected chi connectivity index (χ2v) is 7.09. The van der Waals surface area contributed by atoms with Crippen LogP contribution < -0.4 is 0 Å². The standard InChI is InChI=1S/C19H20ClN5OS/c1-3-24(4-2)17(26)13-27-19-23-22-18(14-6-5-11-21-12-14)25(19)16-9-7-15(20)8-10-16/h5-12H,3-4,13H2,1-2H3. The Hall–Kier alpha value is -2.38. The third kappa shape index (κ3) is 4.48. The van der Waals surface area contributed by atoms with Crippen LogP contribution in [0.5, 0.6) is 0 Å². The molecule has 0 aliphatic rings. The largest absolute Gasteiger partial charge is 0.343 e. The highest BCUT2D eigenvalue weighted by Gasteiger charge is 2.18. The molecule has 3 rings (SSSR count). The van der Waals surface area contributed by atoms with Gasteiger partial charge in [-0.2, -0.15) is 0 Å². The molecule has 0 aliphatic heterocycles. The summed E-state index contributed by atoms with van der Waals surface area (Å²) in [5.74, 6) is 1.06. The van der Waals surface area contributed by atoms with E-state index < -0.39 is 0 Å². The van der Waals surface area contributed by atoms with Crippen molar-refractivity contribution in [3.05, 3.63) is 53.8 Å². The van der Waals surface area contributed by atoms with Gasteiger partial charge in [-0.25, -0.2) is 0 Å². The van der Waals surface area contributed by atoms with E-state index in [0.717, 1.165) is 11.3 Å². The molecular formula is C19H20ClN5OS. The van der Waals surface area contributed by atoms with E-state index in [1.807, 2.05) is 54.8 Å². The SMILES string of the molecule is CCN(CC)C(=O)CSc1nnc(-c2cccnc2)n1-c1ccc(Cl)cc1. The number of carbonyl (C=O) groups is 1. The molecule has 1 amide bonds. The van der Waals surface area contributed by atoms with Gasteiger partial charge in [0.1, 0.15) is 0 Å². The molecule has 1 aromatic carbocycles. The zero-order valence-corrected chi connectivity index (χ0v) is 16.7. The Morgan fingerprint density at radius 1 is 1.15 bits per heavy atom. The van der Waals surface area contributed by atoms with E-state index in [2.05, 4.69) is 15.2 Å². The molecule has 0 saturated heterocycles. The number of hydrogen-bond donors (Lipinski definition) is 0. The first-order valence-corrected chi connectivity index (χ1v) is 10.0. The number of rotatable bonds is 7. The van der Waals surface area contributed by atoms with Crippen molar-refractivity contribution < 1.29 is 4.79 Å².